The van der Waals surface area contributed by atoms with Gasteiger partial charge >= 0.3 is 7.60 Å². The maximum absolute atomic E-state index is 13.2. The molecule has 3 aromatic rings. The highest BCUT2D eigenvalue weighted by Gasteiger charge is 2.27. The molecule has 0 aliphatic rings. The molecule has 0 bridgehead atoms. The fraction of sp³-hybridized carbons (Fsp3) is 0.357. The molecule has 2 unspecified atom stereocenters. The third-order valence-electron chi connectivity index (χ3n) is 5.92. The zero-order chi connectivity index (χ0) is 28.5. The summed E-state index contributed by atoms with van der Waals surface area (Å²) in [6.07, 6.45) is 1.12. The van der Waals surface area contributed by atoms with Crippen LogP contribution in [0.1, 0.15) is 36.6 Å². The van der Waals surface area contributed by atoms with Crippen LogP contribution >= 0.6 is 7.60 Å². The maximum Gasteiger partial charge on any atom is 0.361 e. The lowest BCUT2D eigenvalue weighted by Gasteiger charge is -2.23. The van der Waals surface area contributed by atoms with Crippen LogP contribution in [0, 0.1) is 0 Å². The zero-order valence-corrected chi connectivity index (χ0v) is 24.1. The van der Waals surface area contributed by atoms with E-state index in [2.05, 4.69) is 10.0 Å². The predicted molar refractivity (Wildman–Crippen MR) is 154 cm³/mol. The molecule has 0 heterocycles. The second kappa shape index (κ2) is 14.1. The molecule has 39 heavy (non-hydrogen) atoms. The Bertz CT molecular complexity index is 1340. The minimum atomic E-state index is -3.56. The first-order valence-electron chi connectivity index (χ1n) is 12.8. The molecule has 0 radical (unpaired) electrons. The highest BCUT2D eigenvalue weighted by atomic mass is 32.2. The smallest absolute Gasteiger partial charge is 0.361 e. The summed E-state index contributed by atoms with van der Waals surface area (Å²) in [5.41, 5.74) is 2.78. The van der Waals surface area contributed by atoms with Crippen molar-refractivity contribution in [1.29, 1.82) is 0 Å². The van der Waals surface area contributed by atoms with Crippen molar-refractivity contribution < 1.29 is 32.2 Å². The van der Waals surface area contributed by atoms with Crippen LogP contribution in [0.25, 0.3) is 0 Å². The van der Waals surface area contributed by atoms with E-state index < -0.39 is 23.7 Å². The molecule has 3 rings (SSSR count). The second-order valence-electron chi connectivity index (χ2n) is 9.16. The molecule has 2 atom stereocenters. The molecular formula is C28H37N2O7PS. The van der Waals surface area contributed by atoms with Gasteiger partial charge in [0.05, 0.1) is 36.6 Å². The first kappa shape index (κ1) is 30.8. The predicted octanol–water partition coefficient (Wildman–Crippen LogP) is 4.13. The number of hydrogen-bond donors (Lipinski definition) is 4. The average molecular weight is 577 g/mol. The quantitative estimate of drug-likeness (QED) is 0.157. The molecule has 3 aromatic carbocycles. The molecule has 0 fully saturated rings. The van der Waals surface area contributed by atoms with Crippen LogP contribution in [0.4, 0.5) is 5.69 Å². The summed E-state index contributed by atoms with van der Waals surface area (Å²) in [6, 6.07) is 21.6. The Morgan fingerprint density at radius 1 is 0.897 bits per heavy atom. The van der Waals surface area contributed by atoms with Gasteiger partial charge in [0.25, 0.3) is 0 Å². The van der Waals surface area contributed by atoms with E-state index in [1.807, 2.05) is 42.5 Å². The lowest BCUT2D eigenvalue weighted by atomic mass is 9.98. The average Bonchev–Trinajstić information content (AvgIpc) is 2.89. The molecular weight excluding hydrogens is 539 g/mol. The molecule has 9 nitrogen and oxygen atoms in total. The van der Waals surface area contributed by atoms with Gasteiger partial charge in [-0.1, -0.05) is 48.5 Å². The molecule has 0 aliphatic carbocycles. The largest absolute Gasteiger partial charge is 0.506 e. The van der Waals surface area contributed by atoms with E-state index in [0.29, 0.717) is 17.3 Å². The van der Waals surface area contributed by atoms with E-state index in [1.54, 1.807) is 32.0 Å². The SMILES string of the molecule is CCOP(=O)(OCC)c1ccc(C(Cc2ccccc2)NCC(O)Cc2ccc(O)c(NS(C)(=O)=O)c2)cc1. The number of rotatable bonds is 15. The van der Waals surface area contributed by atoms with E-state index in [0.717, 1.165) is 17.4 Å². The van der Waals surface area contributed by atoms with Crippen LogP contribution in [-0.2, 0) is 36.5 Å². The summed E-state index contributed by atoms with van der Waals surface area (Å²) in [6.45, 7) is 4.33. The topological polar surface area (TPSA) is 134 Å². The molecule has 0 saturated heterocycles. The number of sulfonamides is 1. The molecule has 0 saturated carbocycles. The van der Waals surface area contributed by atoms with Crippen LogP contribution in [-0.4, -0.2) is 50.7 Å². The summed E-state index contributed by atoms with van der Waals surface area (Å²) in [7, 11) is -6.96. The Kier molecular flexibility index (Phi) is 11.1. The summed E-state index contributed by atoms with van der Waals surface area (Å²) < 4.78 is 49.5. The summed E-state index contributed by atoms with van der Waals surface area (Å²) >= 11 is 0. The fourth-order valence-corrected chi connectivity index (χ4v) is 6.32. The van der Waals surface area contributed by atoms with Gasteiger partial charge in [0.2, 0.25) is 10.0 Å². The maximum atomic E-state index is 13.2. The van der Waals surface area contributed by atoms with Crippen molar-refractivity contribution in [1.82, 2.24) is 5.32 Å². The molecule has 11 heteroatoms. The zero-order valence-electron chi connectivity index (χ0n) is 22.4. The number of aliphatic hydroxyl groups excluding tert-OH is 1. The van der Waals surface area contributed by atoms with Gasteiger partial charge in [-0.25, -0.2) is 8.42 Å². The van der Waals surface area contributed by atoms with Gasteiger partial charge < -0.3 is 24.6 Å². The van der Waals surface area contributed by atoms with Crippen LogP contribution in [0.5, 0.6) is 5.75 Å². The first-order valence-corrected chi connectivity index (χ1v) is 16.2. The molecule has 0 aromatic heterocycles. The lowest BCUT2D eigenvalue weighted by molar-refractivity contribution is 0.167. The van der Waals surface area contributed by atoms with Crippen LogP contribution in [0.3, 0.4) is 0 Å². The number of nitrogens with one attached hydrogen (secondary N) is 2. The Morgan fingerprint density at radius 2 is 1.54 bits per heavy atom. The van der Waals surface area contributed by atoms with Gasteiger partial charge in [0.1, 0.15) is 5.75 Å². The summed E-state index contributed by atoms with van der Waals surface area (Å²) in [5.74, 6) is -0.193. The monoisotopic (exact) mass is 576 g/mol. The highest BCUT2D eigenvalue weighted by molar-refractivity contribution is 7.92. The molecule has 212 valence electrons. The Balaban J connectivity index is 1.75. The van der Waals surface area contributed by atoms with Crippen molar-refractivity contribution in [2.75, 3.05) is 30.7 Å². The normalized spacial score (nSPS) is 13.6. The van der Waals surface area contributed by atoms with Gasteiger partial charge in [-0.05, 0) is 67.6 Å². The van der Waals surface area contributed by atoms with E-state index in [-0.39, 0.29) is 43.7 Å². The van der Waals surface area contributed by atoms with Crippen molar-refractivity contribution in [3.05, 3.63) is 89.5 Å². The standard InChI is InChI=1S/C28H37N2O7PS/c1-4-36-38(33,37-5-2)25-14-12-23(13-15-25)26(18-21-9-7-6-8-10-21)29-20-24(31)17-22-11-16-28(32)27(19-22)30-39(3,34)35/h6-16,19,24,26,29-32H,4-5,17-18,20H2,1-3H3. The number of anilines is 1. The number of aliphatic hydroxyl groups is 1. The number of hydrogen-bond acceptors (Lipinski definition) is 8. The van der Waals surface area contributed by atoms with Gasteiger partial charge in [-0.15, -0.1) is 0 Å². The van der Waals surface area contributed by atoms with E-state index in [1.165, 1.54) is 12.1 Å². The first-order chi connectivity index (χ1) is 18.5. The van der Waals surface area contributed by atoms with Gasteiger partial charge in [-0.3, -0.25) is 9.29 Å². The van der Waals surface area contributed by atoms with Crippen LogP contribution < -0.4 is 15.3 Å². The van der Waals surface area contributed by atoms with E-state index in [9.17, 15) is 23.2 Å². The Hall–Kier alpha value is -2.72. The van der Waals surface area contributed by atoms with Crippen LogP contribution in [0.15, 0.2) is 72.8 Å². The summed E-state index contributed by atoms with van der Waals surface area (Å²) in [5, 5.41) is 24.7. The molecule has 0 spiro atoms. The number of phenols is 1. The van der Waals surface area contributed by atoms with Crippen molar-refractivity contribution in [2.24, 2.45) is 0 Å². The Labute approximate surface area is 230 Å². The highest BCUT2D eigenvalue weighted by Crippen LogP contribution is 2.46. The van der Waals surface area contributed by atoms with Crippen molar-refractivity contribution in [2.45, 2.75) is 38.8 Å². The molecule has 4 N–H and O–H groups in total. The fourth-order valence-electron chi connectivity index (χ4n) is 4.19. The second-order valence-corrected chi connectivity index (χ2v) is 12.9. The minimum absolute atomic E-state index is 0.0635. The molecule has 0 amide bonds. The third-order valence-corrected chi connectivity index (χ3v) is 8.64. The third kappa shape index (κ3) is 9.46. The van der Waals surface area contributed by atoms with Gasteiger partial charge in [-0.2, -0.15) is 0 Å². The number of aromatic hydroxyl groups is 1. The van der Waals surface area contributed by atoms with Crippen molar-refractivity contribution in [3.8, 4) is 5.75 Å². The molecule has 0 aliphatic heterocycles. The lowest BCUT2D eigenvalue weighted by Crippen LogP contribution is -2.33. The number of benzene rings is 3. The minimum Gasteiger partial charge on any atom is -0.506 e. The van der Waals surface area contributed by atoms with E-state index in [4.69, 9.17) is 9.05 Å². The van der Waals surface area contributed by atoms with E-state index >= 15 is 0 Å². The number of phenolic OH excluding ortho intramolecular Hbond substituents is 1. The van der Waals surface area contributed by atoms with Gasteiger partial charge in [0, 0.05) is 12.6 Å². The van der Waals surface area contributed by atoms with Crippen LogP contribution in [0.2, 0.25) is 0 Å². The summed E-state index contributed by atoms with van der Waals surface area (Å²) in [4.78, 5) is 0. The van der Waals surface area contributed by atoms with Crippen molar-refractivity contribution in [3.63, 3.8) is 0 Å². The van der Waals surface area contributed by atoms with Crippen molar-refractivity contribution >= 4 is 28.6 Å². The van der Waals surface area contributed by atoms with Gasteiger partial charge in [0.15, 0.2) is 0 Å². The Morgan fingerprint density at radius 3 is 2.13 bits per heavy atom.